The molecule has 5 atom stereocenters. The molecule has 18 heteroatoms. The number of carbonyl (C=O) groups is 3. The molecule has 0 heterocycles. The lowest BCUT2D eigenvalue weighted by Crippen LogP contribution is -2.30. The highest BCUT2D eigenvalue weighted by Gasteiger charge is 2.29. The minimum atomic E-state index is -4.94. The second-order valence-corrected chi connectivity index (χ2v) is 29.7. The third kappa shape index (κ3) is 78.6. The monoisotopic (exact) mass is 1490 g/mol. The van der Waals surface area contributed by atoms with Crippen LogP contribution in [0.1, 0.15) is 329 Å². The molecule has 0 radical (unpaired) electrons. The molecule has 0 rings (SSSR count). The molecule has 0 bridgehead atoms. The second kappa shape index (κ2) is 77.3. The summed E-state index contributed by atoms with van der Waals surface area (Å²) in [5.74, 6) is -1.63. The van der Waals surface area contributed by atoms with E-state index in [1.807, 2.05) is 0 Å². The maximum atomic E-state index is 12.9. The summed E-state index contributed by atoms with van der Waals surface area (Å²) in [6.45, 7) is 2.42. The molecule has 0 aromatic rings. The van der Waals surface area contributed by atoms with Crippen LogP contribution in [-0.2, 0) is 55.8 Å². The Kier molecular flexibility index (Phi) is 74.1. The van der Waals surface area contributed by atoms with Crippen molar-refractivity contribution >= 4 is 33.6 Å². The fraction of sp³-hybridized carbons (Fsp3) is 0.706. The summed E-state index contributed by atoms with van der Waals surface area (Å²) in [5, 5.41) is 20.6. The van der Waals surface area contributed by atoms with E-state index in [-0.39, 0.29) is 19.3 Å². The molecule has 0 aliphatic rings. The topological polar surface area (TPSA) is 231 Å². The number of hydrogen-bond donors (Lipinski definition) is 4. The number of aliphatic hydroxyl groups excluding tert-OH is 2. The van der Waals surface area contributed by atoms with Crippen molar-refractivity contribution in [3.05, 3.63) is 134 Å². The van der Waals surface area contributed by atoms with Gasteiger partial charge in [0.2, 0.25) is 0 Å². The number of aliphatic hydroxyl groups is 2. The SMILES string of the molecule is CC/C=C\C/C=C\C/C=C\C/C=C\C/C=C\CCCCCC(=O)OCC(COP(=O)(O)OCC(O)COP(=O)(O)OCC(O)COC(=O)CCCCCCCCCCCCCCCCCCCCC/C=C\C/C=C\C/C=C\C/C=C\CCCCC)OC(=O)CCCCCCC/C=C\C/C=C\CCC. The first-order chi connectivity index (χ1) is 50.2. The van der Waals surface area contributed by atoms with E-state index in [4.69, 9.17) is 32.3 Å². The summed E-state index contributed by atoms with van der Waals surface area (Å²) in [7, 11) is -9.80. The van der Waals surface area contributed by atoms with Crippen LogP contribution in [0.4, 0.5) is 0 Å². The van der Waals surface area contributed by atoms with Crippen LogP contribution in [0.2, 0.25) is 0 Å². The third-order valence-electron chi connectivity index (χ3n) is 16.8. The lowest BCUT2D eigenvalue weighted by molar-refractivity contribution is -0.161. The fourth-order valence-electron chi connectivity index (χ4n) is 10.7. The summed E-state index contributed by atoms with van der Waals surface area (Å²) in [4.78, 5) is 58.5. The van der Waals surface area contributed by atoms with Crippen LogP contribution in [-0.4, -0.2) is 95.9 Å². The van der Waals surface area contributed by atoms with Gasteiger partial charge < -0.3 is 34.2 Å². The van der Waals surface area contributed by atoms with Crippen molar-refractivity contribution in [2.75, 3.05) is 39.6 Å². The second-order valence-electron chi connectivity index (χ2n) is 26.8. The van der Waals surface area contributed by atoms with E-state index in [0.717, 1.165) is 141 Å². The van der Waals surface area contributed by atoms with Crippen molar-refractivity contribution < 1.29 is 75.8 Å². The van der Waals surface area contributed by atoms with Gasteiger partial charge in [-0.25, -0.2) is 9.13 Å². The Labute approximate surface area is 626 Å². The van der Waals surface area contributed by atoms with Crippen LogP contribution in [0.15, 0.2) is 134 Å². The van der Waals surface area contributed by atoms with E-state index in [1.165, 1.54) is 128 Å². The van der Waals surface area contributed by atoms with Crippen LogP contribution in [0.3, 0.4) is 0 Å². The van der Waals surface area contributed by atoms with E-state index < -0.39 is 91.5 Å². The van der Waals surface area contributed by atoms with Gasteiger partial charge in [0.1, 0.15) is 25.4 Å². The number of carbonyl (C=O) groups excluding carboxylic acids is 3. The Morgan fingerprint density at radius 2 is 0.534 bits per heavy atom. The Morgan fingerprint density at radius 3 is 0.864 bits per heavy atom. The molecule has 0 aliphatic carbocycles. The molecule has 0 aromatic carbocycles. The minimum absolute atomic E-state index is 0.0779. The van der Waals surface area contributed by atoms with Crippen LogP contribution in [0.25, 0.3) is 0 Å². The zero-order chi connectivity index (χ0) is 75.2. The Morgan fingerprint density at radius 1 is 0.282 bits per heavy atom. The highest BCUT2D eigenvalue weighted by molar-refractivity contribution is 7.47. The van der Waals surface area contributed by atoms with Crippen molar-refractivity contribution in [2.45, 2.75) is 347 Å². The molecule has 16 nitrogen and oxygen atoms in total. The molecule has 0 saturated heterocycles. The van der Waals surface area contributed by atoms with E-state index in [2.05, 4.69) is 154 Å². The van der Waals surface area contributed by atoms with Crippen LogP contribution < -0.4 is 0 Å². The molecule has 5 unspecified atom stereocenters. The average molecular weight is 1490 g/mol. The number of hydrogen-bond acceptors (Lipinski definition) is 14. The summed E-state index contributed by atoms with van der Waals surface area (Å²) < 4.78 is 61.0. The molecule has 592 valence electrons. The van der Waals surface area contributed by atoms with Crippen LogP contribution >= 0.6 is 15.6 Å². The summed E-state index contributed by atoms with van der Waals surface area (Å²) in [6, 6.07) is 0. The zero-order valence-electron chi connectivity index (χ0n) is 64.7. The fourth-order valence-corrected chi connectivity index (χ4v) is 12.3. The number of unbranched alkanes of at least 4 members (excludes halogenated alkanes) is 31. The normalized spacial score (nSPS) is 14.7. The maximum absolute atomic E-state index is 12.9. The minimum Gasteiger partial charge on any atom is -0.463 e. The summed E-state index contributed by atoms with van der Waals surface area (Å²) in [5.41, 5.74) is 0. The van der Waals surface area contributed by atoms with E-state index in [1.54, 1.807) is 0 Å². The molecule has 0 amide bonds. The first-order valence-corrected chi connectivity index (χ1v) is 43.5. The van der Waals surface area contributed by atoms with E-state index >= 15 is 0 Å². The Hall–Kier alpha value is -4.31. The predicted octanol–water partition coefficient (Wildman–Crippen LogP) is 23.9. The smallest absolute Gasteiger partial charge is 0.463 e. The molecule has 0 fully saturated rings. The largest absolute Gasteiger partial charge is 0.472 e. The van der Waals surface area contributed by atoms with Crippen LogP contribution in [0, 0.1) is 0 Å². The number of rotatable bonds is 76. The molecule has 4 N–H and O–H groups in total. The molecule has 0 saturated carbocycles. The van der Waals surface area contributed by atoms with Gasteiger partial charge in [0, 0.05) is 19.3 Å². The Balaban J connectivity index is 4.38. The quantitative estimate of drug-likeness (QED) is 0.0146. The third-order valence-corrected chi connectivity index (χ3v) is 18.7. The highest BCUT2D eigenvalue weighted by Crippen LogP contribution is 2.45. The Bertz CT molecular complexity index is 2410. The number of phosphoric ester groups is 2. The van der Waals surface area contributed by atoms with E-state index in [0.29, 0.717) is 19.3 Å². The number of phosphoric acid groups is 2. The van der Waals surface area contributed by atoms with Crippen molar-refractivity contribution in [3.63, 3.8) is 0 Å². The van der Waals surface area contributed by atoms with Gasteiger partial charge >= 0.3 is 33.6 Å². The highest BCUT2D eigenvalue weighted by atomic mass is 31.2. The summed E-state index contributed by atoms with van der Waals surface area (Å²) in [6.07, 6.45) is 93.9. The summed E-state index contributed by atoms with van der Waals surface area (Å²) >= 11 is 0. The molecule has 0 spiro atoms. The molecular formula is C85H146O16P2. The predicted molar refractivity (Wildman–Crippen MR) is 426 cm³/mol. The maximum Gasteiger partial charge on any atom is 0.472 e. The average Bonchev–Trinajstić information content (AvgIpc) is 0.946. The molecule has 0 aromatic heterocycles. The molecule has 103 heavy (non-hydrogen) atoms. The molecular weight excluding hydrogens is 1340 g/mol. The van der Waals surface area contributed by atoms with Gasteiger partial charge in [0.15, 0.2) is 6.10 Å². The first-order valence-electron chi connectivity index (χ1n) is 40.5. The van der Waals surface area contributed by atoms with Gasteiger partial charge in [-0.1, -0.05) is 309 Å². The lowest BCUT2D eigenvalue weighted by atomic mass is 10.0. The standard InChI is InChI=1S/C85H146O16P2/c1-4-7-10-13-16-19-22-25-27-29-31-32-33-34-35-36-37-38-39-40-41-42-43-44-45-46-48-50-51-54-56-59-62-65-68-71-83(88)95-74-80(86)75-97-102(91,92)98-76-81(87)77-99-103(93,94)100-79-82(101-85(90)73-70-67-64-61-58-53-24-21-18-15-12-9-6-3)78-96-84(89)72-69-66-63-60-57-55-52-49-47-30-28-26-23-20-17-14-11-8-5-2/h8,11-12,15-17,19-21,24-28,31-32,34-35,47,49,55,57,80-82,86-87H,4-7,9-10,13-14,18,22-23,29-30,33,36-46,48,50-54,56,58-79H2,1-3H3,(H,91,92)(H,93,94)/b11-8-,15-12-,19-16-,20-17-,24-21-,27-25-,28-26-,32-31-,35-34-,49-47-,57-55-. The van der Waals surface area contributed by atoms with Crippen molar-refractivity contribution in [2.24, 2.45) is 0 Å². The van der Waals surface area contributed by atoms with Gasteiger partial charge in [-0.2, -0.15) is 0 Å². The zero-order valence-corrected chi connectivity index (χ0v) is 66.5. The van der Waals surface area contributed by atoms with Crippen molar-refractivity contribution in [1.29, 1.82) is 0 Å². The van der Waals surface area contributed by atoms with Gasteiger partial charge in [-0.05, 0) is 135 Å². The van der Waals surface area contributed by atoms with Gasteiger partial charge in [0.25, 0.3) is 0 Å². The van der Waals surface area contributed by atoms with Gasteiger partial charge in [-0.15, -0.1) is 0 Å². The number of ether oxygens (including phenoxy) is 3. The number of esters is 3. The van der Waals surface area contributed by atoms with Crippen molar-refractivity contribution in [3.8, 4) is 0 Å². The first kappa shape index (κ1) is 98.7. The lowest BCUT2D eigenvalue weighted by Gasteiger charge is -2.21. The molecule has 0 aliphatic heterocycles. The number of allylic oxidation sites excluding steroid dienone is 22. The van der Waals surface area contributed by atoms with E-state index in [9.17, 15) is 43.5 Å². The van der Waals surface area contributed by atoms with Gasteiger partial charge in [0.05, 0.1) is 26.4 Å². The van der Waals surface area contributed by atoms with Crippen molar-refractivity contribution in [1.82, 2.24) is 0 Å². The van der Waals surface area contributed by atoms with Gasteiger partial charge in [-0.3, -0.25) is 32.5 Å². The van der Waals surface area contributed by atoms with Crippen LogP contribution in [0.5, 0.6) is 0 Å².